The average molecular weight is 236 g/mol. The molecule has 0 spiro atoms. The number of unbranched alkanes of at least 4 members (excludes halogenated alkanes) is 7. The minimum atomic E-state index is 0.353. The van der Waals surface area contributed by atoms with Gasteiger partial charge in [-0.3, -0.25) is 0 Å². The normalized spacial score (nSPS) is 12.4. The Morgan fingerprint density at radius 3 is 1.94 bits per heavy atom. The minimum Gasteiger partial charge on any atom is -0.396 e. The van der Waals surface area contributed by atoms with Crippen LogP contribution < -0.4 is 0 Å². The van der Waals surface area contributed by atoms with E-state index in [1.54, 1.807) is 0 Å². The molecular weight excluding hydrogens is 208 g/mol. The molecule has 0 aliphatic rings. The molecule has 1 N–H and O–H groups in total. The zero-order valence-corrected chi connectivity index (χ0v) is 11.3. The summed E-state index contributed by atoms with van der Waals surface area (Å²) in [5.41, 5.74) is 0. The smallest absolute Gasteiger partial charge is 0.0431 e. The van der Waals surface area contributed by atoms with Gasteiger partial charge >= 0.3 is 0 Å². The molecule has 0 unspecified atom stereocenters. The second-order valence-corrected chi connectivity index (χ2v) is 4.33. The fourth-order valence-electron chi connectivity index (χ4n) is 1.67. The molecule has 1 nitrogen and oxygen atoms in total. The van der Waals surface area contributed by atoms with E-state index in [0.29, 0.717) is 6.61 Å². The summed E-state index contributed by atoms with van der Waals surface area (Å²) in [6.45, 7) is 2.38. The highest BCUT2D eigenvalue weighted by Gasteiger charge is 1.90. The topological polar surface area (TPSA) is 20.2 Å². The van der Waals surface area contributed by atoms with Gasteiger partial charge in [0.1, 0.15) is 0 Å². The minimum absolute atomic E-state index is 0.353. The van der Waals surface area contributed by atoms with Gasteiger partial charge in [0, 0.05) is 6.61 Å². The van der Waals surface area contributed by atoms with Crippen molar-refractivity contribution < 1.29 is 5.11 Å². The van der Waals surface area contributed by atoms with Gasteiger partial charge in [0.15, 0.2) is 0 Å². The number of rotatable bonds is 11. The van der Waals surface area contributed by atoms with E-state index in [9.17, 15) is 0 Å². The van der Waals surface area contributed by atoms with Crippen LogP contribution in [0.2, 0.25) is 0 Å². The van der Waals surface area contributed by atoms with Crippen LogP contribution in [-0.4, -0.2) is 11.7 Å². The predicted octanol–water partition coefficient (Wildman–Crippen LogP) is 4.79. The molecular formula is C16H28O. The summed E-state index contributed by atoms with van der Waals surface area (Å²) < 4.78 is 0. The first-order valence-electron chi connectivity index (χ1n) is 6.97. The zero-order chi connectivity index (χ0) is 12.6. The largest absolute Gasteiger partial charge is 0.396 e. The third kappa shape index (κ3) is 15.2. The molecule has 0 fully saturated rings. The SMILES string of the molecule is C\C=C/C=C\C=C/CCCCCCCCCO. The summed E-state index contributed by atoms with van der Waals surface area (Å²) in [6.07, 6.45) is 22.5. The van der Waals surface area contributed by atoms with Crippen LogP contribution in [-0.2, 0) is 0 Å². The molecule has 0 aromatic rings. The molecule has 0 heterocycles. The molecule has 0 rings (SSSR count). The molecule has 0 saturated heterocycles. The van der Waals surface area contributed by atoms with Crippen molar-refractivity contribution in [2.24, 2.45) is 0 Å². The molecule has 98 valence electrons. The predicted molar refractivity (Wildman–Crippen MR) is 77.1 cm³/mol. The molecule has 0 aromatic carbocycles. The van der Waals surface area contributed by atoms with Crippen LogP contribution in [0.25, 0.3) is 0 Å². The highest BCUT2D eigenvalue weighted by atomic mass is 16.2. The number of aliphatic hydroxyl groups is 1. The molecule has 0 bridgehead atoms. The first-order valence-corrected chi connectivity index (χ1v) is 6.97. The number of allylic oxidation sites excluding steroid dienone is 6. The maximum Gasteiger partial charge on any atom is 0.0431 e. The van der Waals surface area contributed by atoms with E-state index in [0.717, 1.165) is 6.42 Å². The molecule has 0 aliphatic carbocycles. The number of aliphatic hydroxyl groups excluding tert-OH is 1. The second-order valence-electron chi connectivity index (χ2n) is 4.33. The van der Waals surface area contributed by atoms with Gasteiger partial charge in [-0.15, -0.1) is 0 Å². The lowest BCUT2D eigenvalue weighted by molar-refractivity contribution is 0.282. The molecule has 1 heteroatoms. The van der Waals surface area contributed by atoms with Crippen molar-refractivity contribution in [3.63, 3.8) is 0 Å². The fourth-order valence-corrected chi connectivity index (χ4v) is 1.67. The summed E-state index contributed by atoms with van der Waals surface area (Å²) >= 11 is 0. The van der Waals surface area contributed by atoms with E-state index >= 15 is 0 Å². The standard InChI is InChI=1S/C16H28O/c1-2-3-4-5-6-7-8-9-10-11-12-13-14-15-16-17/h2-7,17H,8-16H2,1H3/b3-2-,5-4-,7-6-. The molecule has 17 heavy (non-hydrogen) atoms. The summed E-state index contributed by atoms with van der Waals surface area (Å²) in [7, 11) is 0. The first-order chi connectivity index (χ1) is 8.41. The van der Waals surface area contributed by atoms with Gasteiger partial charge in [-0.25, -0.2) is 0 Å². The second kappa shape index (κ2) is 15.2. The van der Waals surface area contributed by atoms with Gasteiger partial charge in [-0.2, -0.15) is 0 Å². The van der Waals surface area contributed by atoms with Crippen molar-refractivity contribution in [1.82, 2.24) is 0 Å². The summed E-state index contributed by atoms with van der Waals surface area (Å²) in [5, 5.41) is 8.63. The van der Waals surface area contributed by atoms with Crippen molar-refractivity contribution in [3.8, 4) is 0 Å². The molecule has 0 saturated carbocycles. The van der Waals surface area contributed by atoms with Crippen LogP contribution >= 0.6 is 0 Å². The Morgan fingerprint density at radius 1 is 0.706 bits per heavy atom. The van der Waals surface area contributed by atoms with Crippen LogP contribution in [0.3, 0.4) is 0 Å². The highest BCUT2D eigenvalue weighted by molar-refractivity contribution is 5.10. The van der Waals surface area contributed by atoms with Crippen molar-refractivity contribution in [3.05, 3.63) is 36.5 Å². The van der Waals surface area contributed by atoms with Crippen LogP contribution in [0.15, 0.2) is 36.5 Å². The van der Waals surface area contributed by atoms with Gasteiger partial charge in [0.25, 0.3) is 0 Å². The van der Waals surface area contributed by atoms with Crippen molar-refractivity contribution in [1.29, 1.82) is 0 Å². The lowest BCUT2D eigenvalue weighted by Gasteiger charge is -1.99. The summed E-state index contributed by atoms with van der Waals surface area (Å²) in [6, 6.07) is 0. The Kier molecular flexibility index (Phi) is 14.4. The van der Waals surface area contributed by atoms with Crippen LogP contribution in [0, 0.1) is 0 Å². The van der Waals surface area contributed by atoms with E-state index < -0.39 is 0 Å². The molecule has 0 aromatic heterocycles. The van der Waals surface area contributed by atoms with E-state index in [4.69, 9.17) is 5.11 Å². The Bertz CT molecular complexity index is 214. The number of hydrogen-bond donors (Lipinski definition) is 1. The average Bonchev–Trinajstić information content (AvgIpc) is 2.35. The third-order valence-corrected chi connectivity index (χ3v) is 2.69. The Morgan fingerprint density at radius 2 is 1.29 bits per heavy atom. The lowest BCUT2D eigenvalue weighted by Crippen LogP contribution is -1.83. The maximum atomic E-state index is 8.63. The van der Waals surface area contributed by atoms with E-state index in [1.807, 2.05) is 19.1 Å². The molecule has 0 amide bonds. The summed E-state index contributed by atoms with van der Waals surface area (Å²) in [5.74, 6) is 0. The Balaban J connectivity index is 3.12. The van der Waals surface area contributed by atoms with E-state index in [-0.39, 0.29) is 0 Å². The first kappa shape index (κ1) is 16.2. The van der Waals surface area contributed by atoms with Crippen LogP contribution in [0.5, 0.6) is 0 Å². The fraction of sp³-hybridized carbons (Fsp3) is 0.625. The molecule has 0 aliphatic heterocycles. The monoisotopic (exact) mass is 236 g/mol. The summed E-state index contributed by atoms with van der Waals surface area (Å²) in [4.78, 5) is 0. The Labute approximate surface area is 107 Å². The van der Waals surface area contributed by atoms with Gasteiger partial charge in [-0.1, -0.05) is 68.6 Å². The zero-order valence-electron chi connectivity index (χ0n) is 11.3. The van der Waals surface area contributed by atoms with E-state index in [2.05, 4.69) is 24.3 Å². The maximum absolute atomic E-state index is 8.63. The van der Waals surface area contributed by atoms with Gasteiger partial charge < -0.3 is 5.11 Å². The van der Waals surface area contributed by atoms with Crippen LogP contribution in [0.1, 0.15) is 58.3 Å². The molecule has 0 atom stereocenters. The third-order valence-electron chi connectivity index (χ3n) is 2.69. The van der Waals surface area contributed by atoms with Crippen molar-refractivity contribution in [2.75, 3.05) is 6.61 Å². The lowest BCUT2D eigenvalue weighted by atomic mass is 10.1. The van der Waals surface area contributed by atoms with Gasteiger partial charge in [-0.05, 0) is 26.2 Å². The van der Waals surface area contributed by atoms with Crippen molar-refractivity contribution >= 4 is 0 Å². The Hall–Kier alpha value is -0.820. The van der Waals surface area contributed by atoms with Crippen LogP contribution in [0.4, 0.5) is 0 Å². The van der Waals surface area contributed by atoms with Gasteiger partial charge in [0.05, 0.1) is 0 Å². The quantitative estimate of drug-likeness (QED) is 0.404. The van der Waals surface area contributed by atoms with Crippen molar-refractivity contribution in [2.45, 2.75) is 58.3 Å². The number of hydrogen-bond acceptors (Lipinski definition) is 1. The van der Waals surface area contributed by atoms with E-state index in [1.165, 1.54) is 44.9 Å². The van der Waals surface area contributed by atoms with Gasteiger partial charge in [0.2, 0.25) is 0 Å². The molecule has 0 radical (unpaired) electrons. The highest BCUT2D eigenvalue weighted by Crippen LogP contribution is 2.08.